The Kier molecular flexibility index (Phi) is 5.12. The van der Waals surface area contributed by atoms with E-state index in [1.807, 2.05) is 0 Å². The normalized spacial score (nSPS) is 12.6. The molecule has 1 amide bonds. The van der Waals surface area contributed by atoms with Gasteiger partial charge in [0.15, 0.2) is 0 Å². The van der Waals surface area contributed by atoms with Gasteiger partial charge in [-0.25, -0.2) is 13.4 Å². The fourth-order valence-electron chi connectivity index (χ4n) is 1.64. The first-order valence-electron chi connectivity index (χ1n) is 6.38. The first-order valence-corrected chi connectivity index (χ1v) is 8.24. The molecule has 8 heteroatoms. The van der Waals surface area contributed by atoms with E-state index in [-0.39, 0.29) is 4.90 Å². The van der Waals surface area contributed by atoms with Crippen molar-refractivity contribution < 1.29 is 13.2 Å². The topological polar surface area (TPSA) is 88.2 Å². The Balaban J connectivity index is 2.05. The van der Waals surface area contributed by atoms with Crippen LogP contribution >= 0.6 is 11.6 Å². The summed E-state index contributed by atoms with van der Waals surface area (Å²) in [5.74, 6) is -0.152. The third-order valence-corrected chi connectivity index (χ3v) is 4.57. The highest BCUT2D eigenvalue weighted by Crippen LogP contribution is 2.14. The van der Waals surface area contributed by atoms with E-state index in [0.29, 0.717) is 10.8 Å². The predicted octanol–water partition coefficient (Wildman–Crippen LogP) is 2.04. The van der Waals surface area contributed by atoms with E-state index in [4.69, 9.17) is 11.6 Å². The van der Waals surface area contributed by atoms with Crippen LogP contribution in [0, 0.1) is 0 Å². The highest BCUT2D eigenvalue weighted by atomic mass is 35.5. The Hall–Kier alpha value is -1.96. The molecule has 2 aromatic rings. The molecule has 0 spiro atoms. The van der Waals surface area contributed by atoms with Gasteiger partial charge in [0.25, 0.3) is 0 Å². The summed E-state index contributed by atoms with van der Waals surface area (Å²) in [7, 11) is -3.80. The van der Waals surface area contributed by atoms with Gasteiger partial charge in [0.1, 0.15) is 5.82 Å². The quantitative estimate of drug-likeness (QED) is 0.872. The molecule has 0 aliphatic carbocycles. The van der Waals surface area contributed by atoms with Gasteiger partial charge in [-0.1, -0.05) is 17.7 Å². The number of nitrogens with one attached hydrogen (secondary N) is 2. The Morgan fingerprint density at radius 2 is 1.86 bits per heavy atom. The SMILES string of the molecule is CC(NS(=O)(=O)c1ccc(Cl)cc1)C(=O)Nc1ccccn1. The van der Waals surface area contributed by atoms with Gasteiger partial charge >= 0.3 is 0 Å². The predicted molar refractivity (Wildman–Crippen MR) is 84.1 cm³/mol. The number of nitrogens with zero attached hydrogens (tertiary/aromatic N) is 1. The fourth-order valence-corrected chi connectivity index (χ4v) is 2.97. The average molecular weight is 340 g/mol. The van der Waals surface area contributed by atoms with Crippen molar-refractivity contribution in [2.24, 2.45) is 0 Å². The minimum absolute atomic E-state index is 0.0365. The molecule has 22 heavy (non-hydrogen) atoms. The summed E-state index contributed by atoms with van der Waals surface area (Å²) in [6.45, 7) is 1.45. The number of halogens is 1. The number of benzene rings is 1. The highest BCUT2D eigenvalue weighted by Gasteiger charge is 2.22. The third-order valence-electron chi connectivity index (χ3n) is 2.77. The molecule has 1 atom stereocenters. The van der Waals surface area contributed by atoms with Crippen molar-refractivity contribution in [3.63, 3.8) is 0 Å². The largest absolute Gasteiger partial charge is 0.309 e. The van der Waals surface area contributed by atoms with E-state index in [0.717, 1.165) is 0 Å². The zero-order valence-electron chi connectivity index (χ0n) is 11.7. The second kappa shape index (κ2) is 6.87. The summed E-state index contributed by atoms with van der Waals surface area (Å²) in [5, 5.41) is 2.96. The van der Waals surface area contributed by atoms with Gasteiger partial charge in [-0.3, -0.25) is 4.79 Å². The van der Waals surface area contributed by atoms with E-state index >= 15 is 0 Å². The molecule has 1 aromatic carbocycles. The smallest absolute Gasteiger partial charge is 0.243 e. The Bertz CT molecular complexity index is 749. The number of hydrogen-bond acceptors (Lipinski definition) is 4. The van der Waals surface area contributed by atoms with Gasteiger partial charge in [0.05, 0.1) is 10.9 Å². The summed E-state index contributed by atoms with van der Waals surface area (Å²) < 4.78 is 26.6. The molecule has 0 saturated heterocycles. The molecule has 2 N–H and O–H groups in total. The molecule has 2 rings (SSSR count). The number of aromatic nitrogens is 1. The van der Waals surface area contributed by atoms with Crippen LogP contribution in [0.25, 0.3) is 0 Å². The van der Waals surface area contributed by atoms with E-state index in [9.17, 15) is 13.2 Å². The zero-order chi connectivity index (χ0) is 16.2. The van der Waals surface area contributed by atoms with Gasteiger partial charge in [-0.05, 0) is 43.3 Å². The van der Waals surface area contributed by atoms with Gasteiger partial charge in [0.2, 0.25) is 15.9 Å². The second-order valence-corrected chi connectivity index (χ2v) is 6.65. The van der Waals surface area contributed by atoms with Crippen LogP contribution in [-0.2, 0) is 14.8 Å². The number of carbonyl (C=O) groups excluding carboxylic acids is 1. The van der Waals surface area contributed by atoms with Crippen molar-refractivity contribution in [2.45, 2.75) is 17.9 Å². The lowest BCUT2D eigenvalue weighted by atomic mass is 10.3. The highest BCUT2D eigenvalue weighted by molar-refractivity contribution is 7.89. The lowest BCUT2D eigenvalue weighted by molar-refractivity contribution is -0.117. The molecule has 1 aromatic heterocycles. The maximum atomic E-state index is 12.2. The molecule has 1 unspecified atom stereocenters. The van der Waals surface area contributed by atoms with E-state index in [1.165, 1.54) is 37.4 Å². The van der Waals surface area contributed by atoms with Crippen molar-refractivity contribution >= 4 is 33.3 Å². The average Bonchev–Trinajstić information content (AvgIpc) is 2.48. The first-order chi connectivity index (χ1) is 10.4. The standard InChI is InChI=1S/C14H14ClN3O3S/c1-10(14(19)17-13-4-2-3-9-16-13)18-22(20,21)12-7-5-11(15)6-8-12/h2-10,18H,1H3,(H,16,17,19). The third kappa shape index (κ3) is 4.27. The minimum atomic E-state index is -3.80. The number of anilines is 1. The molecule has 116 valence electrons. The van der Waals surface area contributed by atoms with E-state index in [2.05, 4.69) is 15.0 Å². The number of amides is 1. The number of hydrogen-bond donors (Lipinski definition) is 2. The van der Waals surface area contributed by atoms with Crippen molar-refractivity contribution in [2.75, 3.05) is 5.32 Å². The molecule has 0 fully saturated rings. The van der Waals surface area contributed by atoms with Crippen molar-refractivity contribution in [3.05, 3.63) is 53.7 Å². The van der Waals surface area contributed by atoms with Crippen LogP contribution in [0.1, 0.15) is 6.92 Å². The Labute approximate surface area is 133 Å². The van der Waals surface area contributed by atoms with Crippen LogP contribution in [0.2, 0.25) is 5.02 Å². The maximum absolute atomic E-state index is 12.2. The van der Waals surface area contributed by atoms with Crippen molar-refractivity contribution in [3.8, 4) is 0 Å². The van der Waals surface area contributed by atoms with E-state index in [1.54, 1.807) is 18.2 Å². The summed E-state index contributed by atoms with van der Waals surface area (Å²) >= 11 is 5.72. The molecular formula is C14H14ClN3O3S. The second-order valence-electron chi connectivity index (χ2n) is 4.50. The van der Waals surface area contributed by atoms with Crippen molar-refractivity contribution in [1.82, 2.24) is 9.71 Å². The summed E-state index contributed by atoms with van der Waals surface area (Å²) in [4.78, 5) is 16.0. The van der Waals surface area contributed by atoms with Crippen LogP contribution in [0.4, 0.5) is 5.82 Å². The van der Waals surface area contributed by atoms with Gasteiger partial charge in [-0.15, -0.1) is 0 Å². The fraction of sp³-hybridized carbons (Fsp3) is 0.143. The lowest BCUT2D eigenvalue weighted by Crippen LogP contribution is -2.41. The lowest BCUT2D eigenvalue weighted by Gasteiger charge is -2.14. The summed E-state index contributed by atoms with van der Waals surface area (Å²) in [6, 6.07) is 9.75. The molecule has 0 aliphatic rings. The molecule has 0 aliphatic heterocycles. The van der Waals surface area contributed by atoms with Crippen LogP contribution in [0.3, 0.4) is 0 Å². The van der Waals surface area contributed by atoms with E-state index < -0.39 is 22.0 Å². The van der Waals surface area contributed by atoms with Crippen molar-refractivity contribution in [1.29, 1.82) is 0 Å². The first kappa shape index (κ1) is 16.4. The summed E-state index contributed by atoms with van der Waals surface area (Å²) in [6.07, 6.45) is 1.53. The molecule has 0 bridgehead atoms. The summed E-state index contributed by atoms with van der Waals surface area (Å²) in [5.41, 5.74) is 0. The number of pyridine rings is 1. The van der Waals surface area contributed by atoms with Crippen LogP contribution < -0.4 is 10.0 Å². The van der Waals surface area contributed by atoms with Gasteiger partial charge < -0.3 is 5.32 Å². The number of sulfonamides is 1. The van der Waals surface area contributed by atoms with Crippen LogP contribution in [-0.4, -0.2) is 25.4 Å². The molecule has 0 radical (unpaired) electrons. The van der Waals surface area contributed by atoms with Crippen LogP contribution in [0.15, 0.2) is 53.6 Å². The minimum Gasteiger partial charge on any atom is -0.309 e. The maximum Gasteiger partial charge on any atom is 0.243 e. The zero-order valence-corrected chi connectivity index (χ0v) is 13.2. The number of rotatable bonds is 5. The molecule has 0 saturated carbocycles. The molecule has 1 heterocycles. The Morgan fingerprint density at radius 3 is 2.45 bits per heavy atom. The van der Waals surface area contributed by atoms with Gasteiger partial charge in [-0.2, -0.15) is 4.72 Å². The monoisotopic (exact) mass is 339 g/mol. The number of carbonyl (C=O) groups is 1. The van der Waals surface area contributed by atoms with Gasteiger partial charge in [0, 0.05) is 11.2 Å². The Morgan fingerprint density at radius 1 is 1.18 bits per heavy atom. The van der Waals surface area contributed by atoms with Crippen LogP contribution in [0.5, 0.6) is 0 Å². The molecule has 6 nitrogen and oxygen atoms in total. The molecular weight excluding hydrogens is 326 g/mol.